The summed E-state index contributed by atoms with van der Waals surface area (Å²) in [6.45, 7) is 9.84. The summed E-state index contributed by atoms with van der Waals surface area (Å²) in [6.07, 6.45) is 3.49. The second-order valence-corrected chi connectivity index (χ2v) is 9.18. The summed E-state index contributed by atoms with van der Waals surface area (Å²) in [7, 11) is 0. The number of carbonyl (C=O) groups is 1. The Bertz CT molecular complexity index is 788. The van der Waals surface area contributed by atoms with E-state index in [0.717, 1.165) is 12.8 Å². The van der Waals surface area contributed by atoms with Gasteiger partial charge in [0, 0.05) is 12.8 Å². The van der Waals surface area contributed by atoms with Crippen LogP contribution in [-0.2, 0) is 17.6 Å². The Morgan fingerprint density at radius 1 is 0.750 bits per heavy atom. The number of aryl methyl sites for hydroxylation is 2. The second-order valence-electron chi connectivity index (χ2n) is 9.18. The highest BCUT2D eigenvalue weighted by atomic mass is 16.5. The first kappa shape index (κ1) is 25.6. The van der Waals surface area contributed by atoms with E-state index in [9.17, 15) is 15.0 Å². The van der Waals surface area contributed by atoms with Gasteiger partial charge >= 0.3 is 0 Å². The summed E-state index contributed by atoms with van der Waals surface area (Å²) >= 11 is 0. The van der Waals surface area contributed by atoms with Gasteiger partial charge in [-0.1, -0.05) is 27.7 Å². The first-order valence-electron chi connectivity index (χ1n) is 11.7. The Balaban J connectivity index is 1.84. The number of benzene rings is 2. The molecule has 0 heterocycles. The minimum atomic E-state index is 0.0843. The average Bonchev–Trinajstić information content (AvgIpc) is 2.73. The zero-order valence-corrected chi connectivity index (χ0v) is 19.9. The van der Waals surface area contributed by atoms with E-state index in [1.165, 1.54) is 0 Å². The van der Waals surface area contributed by atoms with Crippen LogP contribution in [0, 0.1) is 11.8 Å². The molecule has 0 unspecified atom stereocenters. The highest BCUT2D eigenvalue weighted by Crippen LogP contribution is 2.27. The average molecular weight is 443 g/mol. The van der Waals surface area contributed by atoms with E-state index < -0.39 is 0 Å². The number of aromatic hydroxyl groups is 2. The molecule has 0 bridgehead atoms. The topological polar surface area (TPSA) is 76.0 Å². The van der Waals surface area contributed by atoms with Crippen molar-refractivity contribution in [1.29, 1.82) is 0 Å². The van der Waals surface area contributed by atoms with Crippen molar-refractivity contribution in [2.75, 3.05) is 13.2 Å². The molecule has 2 aromatic carbocycles. The Hall–Kier alpha value is -2.69. The van der Waals surface area contributed by atoms with Crippen molar-refractivity contribution >= 4 is 5.78 Å². The summed E-state index contributed by atoms with van der Waals surface area (Å²) in [5.74, 6) is 3.00. The number of carbonyl (C=O) groups excluding carboxylic acids is 1. The van der Waals surface area contributed by atoms with Crippen LogP contribution in [-0.4, -0.2) is 29.2 Å². The van der Waals surface area contributed by atoms with Crippen molar-refractivity contribution in [3.8, 4) is 23.0 Å². The number of rotatable bonds is 14. The summed E-state index contributed by atoms with van der Waals surface area (Å²) in [5, 5.41) is 20.3. The van der Waals surface area contributed by atoms with E-state index in [1.54, 1.807) is 24.3 Å². The molecule has 2 N–H and O–H groups in total. The van der Waals surface area contributed by atoms with Crippen LogP contribution < -0.4 is 9.47 Å². The Morgan fingerprint density at radius 3 is 1.53 bits per heavy atom. The molecule has 0 aliphatic carbocycles. The highest BCUT2D eigenvalue weighted by molar-refractivity contribution is 5.79. The lowest BCUT2D eigenvalue weighted by Gasteiger charge is -2.11. The van der Waals surface area contributed by atoms with E-state index in [2.05, 4.69) is 27.7 Å². The Kier molecular flexibility index (Phi) is 10.4. The lowest BCUT2D eigenvalue weighted by atomic mass is 10.0. The minimum absolute atomic E-state index is 0.0843. The van der Waals surface area contributed by atoms with Crippen LogP contribution in [0.4, 0.5) is 0 Å². The zero-order chi connectivity index (χ0) is 23.5. The summed E-state index contributed by atoms with van der Waals surface area (Å²) in [6, 6.07) is 10.4. The van der Waals surface area contributed by atoms with Crippen molar-refractivity contribution < 1.29 is 24.5 Å². The maximum atomic E-state index is 12.5. The molecular weight excluding hydrogens is 404 g/mol. The van der Waals surface area contributed by atoms with Gasteiger partial charge in [-0.3, -0.25) is 4.79 Å². The maximum Gasteiger partial charge on any atom is 0.133 e. The molecule has 5 nitrogen and oxygen atoms in total. The van der Waals surface area contributed by atoms with Gasteiger partial charge in [-0.05, 0) is 85.0 Å². The van der Waals surface area contributed by atoms with Crippen molar-refractivity contribution in [3.63, 3.8) is 0 Å². The van der Waals surface area contributed by atoms with Gasteiger partial charge in [-0.15, -0.1) is 0 Å². The lowest BCUT2D eigenvalue weighted by molar-refractivity contribution is -0.119. The van der Waals surface area contributed by atoms with Gasteiger partial charge in [-0.2, -0.15) is 0 Å². The summed E-state index contributed by atoms with van der Waals surface area (Å²) < 4.78 is 11.5. The van der Waals surface area contributed by atoms with Gasteiger partial charge in [0.1, 0.15) is 28.8 Å². The molecule has 0 aromatic heterocycles. The van der Waals surface area contributed by atoms with Gasteiger partial charge in [0.2, 0.25) is 0 Å². The van der Waals surface area contributed by atoms with Crippen molar-refractivity contribution in [2.45, 2.75) is 66.2 Å². The summed E-state index contributed by atoms with van der Waals surface area (Å²) in [4.78, 5) is 12.5. The van der Waals surface area contributed by atoms with Crippen molar-refractivity contribution in [3.05, 3.63) is 47.5 Å². The maximum absolute atomic E-state index is 12.5. The van der Waals surface area contributed by atoms with Crippen LogP contribution in [0.1, 0.15) is 64.5 Å². The number of phenolic OH excluding ortho intramolecular Hbond substituents is 2. The quantitative estimate of drug-likeness (QED) is 0.371. The number of ketones is 1. The molecule has 0 saturated carbocycles. The standard InChI is InChI=1S/C27H38O5/c1-19(2)13-15-31-24-9-11-26(29)21(17-24)5-7-23(28)8-6-22-18-25(10-12-27(22)30)32-16-14-20(3)4/h9-12,17-20,29-30H,5-8,13-16H2,1-4H3. The first-order chi connectivity index (χ1) is 15.2. The van der Waals surface area contributed by atoms with E-state index in [0.29, 0.717) is 73.4 Å². The number of ether oxygens (including phenoxy) is 2. The molecule has 0 radical (unpaired) electrons. The largest absolute Gasteiger partial charge is 0.508 e. The molecule has 176 valence electrons. The van der Waals surface area contributed by atoms with Crippen LogP contribution in [0.5, 0.6) is 23.0 Å². The SMILES string of the molecule is CC(C)CCOc1ccc(O)c(CCC(=O)CCc2cc(OCCC(C)C)ccc2O)c1. The molecule has 0 saturated heterocycles. The van der Waals surface area contributed by atoms with Crippen LogP contribution in [0.15, 0.2) is 36.4 Å². The third-order valence-electron chi connectivity index (χ3n) is 5.38. The third kappa shape index (κ3) is 9.21. The number of Topliss-reactive ketones (excluding diaryl/α,β-unsaturated/α-hetero) is 1. The molecule has 5 heteroatoms. The molecule has 0 amide bonds. The molecule has 32 heavy (non-hydrogen) atoms. The Labute approximate surface area is 192 Å². The van der Waals surface area contributed by atoms with Crippen LogP contribution >= 0.6 is 0 Å². The second kappa shape index (κ2) is 13.0. The fraction of sp³-hybridized carbons (Fsp3) is 0.519. The molecular formula is C27H38O5. The normalized spacial score (nSPS) is 11.2. The van der Waals surface area contributed by atoms with Gasteiger partial charge in [0.15, 0.2) is 0 Å². The van der Waals surface area contributed by atoms with Gasteiger partial charge in [-0.25, -0.2) is 0 Å². The molecule has 0 aliphatic heterocycles. The smallest absolute Gasteiger partial charge is 0.133 e. The zero-order valence-electron chi connectivity index (χ0n) is 19.9. The van der Waals surface area contributed by atoms with Gasteiger partial charge in [0.25, 0.3) is 0 Å². The number of hydrogen-bond acceptors (Lipinski definition) is 5. The van der Waals surface area contributed by atoms with E-state index in [-0.39, 0.29) is 17.3 Å². The Morgan fingerprint density at radius 2 is 1.16 bits per heavy atom. The molecule has 0 atom stereocenters. The van der Waals surface area contributed by atoms with Crippen LogP contribution in [0.25, 0.3) is 0 Å². The van der Waals surface area contributed by atoms with Gasteiger partial charge < -0.3 is 19.7 Å². The highest BCUT2D eigenvalue weighted by Gasteiger charge is 2.11. The van der Waals surface area contributed by atoms with Gasteiger partial charge in [0.05, 0.1) is 13.2 Å². The number of phenols is 2. The molecule has 0 spiro atoms. The predicted molar refractivity (Wildman–Crippen MR) is 128 cm³/mol. The van der Waals surface area contributed by atoms with Crippen LogP contribution in [0.2, 0.25) is 0 Å². The third-order valence-corrected chi connectivity index (χ3v) is 5.38. The lowest BCUT2D eigenvalue weighted by Crippen LogP contribution is -2.04. The fourth-order valence-electron chi connectivity index (χ4n) is 3.20. The number of hydrogen-bond donors (Lipinski definition) is 2. The summed E-state index contributed by atoms with van der Waals surface area (Å²) in [5.41, 5.74) is 1.42. The predicted octanol–water partition coefficient (Wildman–Crippen LogP) is 6.08. The van der Waals surface area contributed by atoms with E-state index in [1.807, 2.05) is 12.1 Å². The van der Waals surface area contributed by atoms with Crippen LogP contribution in [0.3, 0.4) is 0 Å². The fourth-order valence-corrected chi connectivity index (χ4v) is 3.20. The molecule has 2 aromatic rings. The molecule has 0 aliphatic rings. The van der Waals surface area contributed by atoms with Crippen molar-refractivity contribution in [1.82, 2.24) is 0 Å². The molecule has 0 fully saturated rings. The first-order valence-corrected chi connectivity index (χ1v) is 11.7. The molecule has 2 rings (SSSR count). The minimum Gasteiger partial charge on any atom is -0.508 e. The van der Waals surface area contributed by atoms with E-state index in [4.69, 9.17) is 9.47 Å². The van der Waals surface area contributed by atoms with E-state index >= 15 is 0 Å². The monoisotopic (exact) mass is 442 g/mol. The van der Waals surface area contributed by atoms with Crippen molar-refractivity contribution in [2.24, 2.45) is 11.8 Å².